The molecular formula is C23H19N3O2. The smallest absolute Gasteiger partial charge is 0.255 e. The molecule has 0 aliphatic heterocycles. The molecule has 4 aromatic rings. The number of hydrogen-bond donors (Lipinski definition) is 2. The minimum Gasteiger partial charge on any atom is -0.497 e. The van der Waals surface area contributed by atoms with Gasteiger partial charge in [-0.2, -0.15) is 5.10 Å². The summed E-state index contributed by atoms with van der Waals surface area (Å²) in [4.78, 5) is 12.9. The first-order chi connectivity index (χ1) is 13.8. The van der Waals surface area contributed by atoms with E-state index in [0.29, 0.717) is 22.7 Å². The predicted molar refractivity (Wildman–Crippen MR) is 110 cm³/mol. The predicted octanol–water partition coefficient (Wildman–Crippen LogP) is 5.00. The molecule has 5 nitrogen and oxygen atoms in total. The third-order valence-corrected chi connectivity index (χ3v) is 4.45. The van der Waals surface area contributed by atoms with Crippen molar-refractivity contribution in [2.24, 2.45) is 0 Å². The van der Waals surface area contributed by atoms with E-state index in [1.54, 1.807) is 31.4 Å². The van der Waals surface area contributed by atoms with Crippen molar-refractivity contribution < 1.29 is 9.53 Å². The lowest BCUT2D eigenvalue weighted by Crippen LogP contribution is -2.13. The van der Waals surface area contributed by atoms with E-state index in [0.717, 1.165) is 16.8 Å². The standard InChI is InChI=1S/C23H19N3O2/c1-28-19-14-8-13-18(15-19)23(27)24-22-20(16-9-4-2-5-10-16)25-26-21(22)17-11-6-3-7-12-17/h2-15H,1H3,(H,24,27)(H,25,26). The van der Waals surface area contributed by atoms with Crippen molar-refractivity contribution in [3.05, 3.63) is 90.5 Å². The molecule has 0 aliphatic carbocycles. The van der Waals surface area contributed by atoms with E-state index in [9.17, 15) is 4.79 Å². The van der Waals surface area contributed by atoms with Crippen LogP contribution in [0.4, 0.5) is 5.69 Å². The number of rotatable bonds is 5. The van der Waals surface area contributed by atoms with E-state index >= 15 is 0 Å². The van der Waals surface area contributed by atoms with Crippen molar-refractivity contribution in [3.8, 4) is 28.3 Å². The maximum absolute atomic E-state index is 12.9. The molecule has 0 unspecified atom stereocenters. The Morgan fingerprint density at radius 1 is 0.893 bits per heavy atom. The van der Waals surface area contributed by atoms with E-state index in [1.807, 2.05) is 60.7 Å². The molecular weight excluding hydrogens is 350 g/mol. The number of H-pyrrole nitrogens is 1. The van der Waals surface area contributed by atoms with Crippen LogP contribution in [-0.2, 0) is 0 Å². The highest BCUT2D eigenvalue weighted by Gasteiger charge is 2.19. The molecule has 2 N–H and O–H groups in total. The third kappa shape index (κ3) is 3.50. The average molecular weight is 369 g/mol. The lowest BCUT2D eigenvalue weighted by molar-refractivity contribution is 0.102. The van der Waals surface area contributed by atoms with Crippen LogP contribution < -0.4 is 10.1 Å². The molecule has 5 heteroatoms. The van der Waals surface area contributed by atoms with Crippen molar-refractivity contribution in [1.82, 2.24) is 10.2 Å². The van der Waals surface area contributed by atoms with Crippen molar-refractivity contribution in [2.45, 2.75) is 0 Å². The number of nitrogens with one attached hydrogen (secondary N) is 2. The molecule has 0 saturated heterocycles. The zero-order valence-electron chi connectivity index (χ0n) is 15.3. The first kappa shape index (κ1) is 17.5. The second-order valence-electron chi connectivity index (χ2n) is 6.24. The van der Waals surface area contributed by atoms with Crippen molar-refractivity contribution in [3.63, 3.8) is 0 Å². The van der Waals surface area contributed by atoms with Gasteiger partial charge in [0.2, 0.25) is 0 Å². The summed E-state index contributed by atoms with van der Waals surface area (Å²) in [5.74, 6) is 0.404. The highest BCUT2D eigenvalue weighted by Crippen LogP contribution is 2.35. The Labute approximate surface area is 163 Å². The number of anilines is 1. The first-order valence-corrected chi connectivity index (χ1v) is 8.91. The van der Waals surface area contributed by atoms with Crippen LogP contribution in [0.2, 0.25) is 0 Å². The normalized spacial score (nSPS) is 10.5. The third-order valence-electron chi connectivity index (χ3n) is 4.45. The van der Waals surface area contributed by atoms with Crippen molar-refractivity contribution in [1.29, 1.82) is 0 Å². The fourth-order valence-corrected chi connectivity index (χ4v) is 3.03. The van der Waals surface area contributed by atoms with E-state index < -0.39 is 0 Å². The van der Waals surface area contributed by atoms with Crippen LogP contribution >= 0.6 is 0 Å². The van der Waals surface area contributed by atoms with Crippen LogP contribution in [0.3, 0.4) is 0 Å². The summed E-state index contributed by atoms with van der Waals surface area (Å²) < 4.78 is 5.23. The first-order valence-electron chi connectivity index (χ1n) is 8.91. The van der Waals surface area contributed by atoms with Gasteiger partial charge in [-0.25, -0.2) is 0 Å². The number of benzene rings is 3. The van der Waals surface area contributed by atoms with Gasteiger partial charge in [-0.3, -0.25) is 9.89 Å². The van der Waals surface area contributed by atoms with Gasteiger partial charge in [0, 0.05) is 16.7 Å². The number of methoxy groups -OCH3 is 1. The fraction of sp³-hybridized carbons (Fsp3) is 0.0435. The zero-order valence-corrected chi connectivity index (χ0v) is 15.3. The molecule has 0 fully saturated rings. The maximum atomic E-state index is 12.9. The average Bonchev–Trinajstić information content (AvgIpc) is 3.18. The molecule has 4 rings (SSSR count). The topological polar surface area (TPSA) is 67.0 Å². The summed E-state index contributed by atoms with van der Waals surface area (Å²) in [6.45, 7) is 0. The van der Waals surface area contributed by atoms with E-state index in [2.05, 4.69) is 15.5 Å². The Hall–Kier alpha value is -3.86. The van der Waals surface area contributed by atoms with Crippen LogP contribution in [-0.4, -0.2) is 23.2 Å². The van der Waals surface area contributed by atoms with Crippen LogP contribution in [0.15, 0.2) is 84.9 Å². The van der Waals surface area contributed by atoms with Crippen LogP contribution in [0, 0.1) is 0 Å². The number of ether oxygens (including phenoxy) is 1. The second-order valence-corrected chi connectivity index (χ2v) is 6.24. The molecule has 0 spiro atoms. The van der Waals surface area contributed by atoms with Crippen molar-refractivity contribution >= 4 is 11.6 Å². The fourth-order valence-electron chi connectivity index (χ4n) is 3.03. The molecule has 0 aliphatic rings. The maximum Gasteiger partial charge on any atom is 0.255 e. The van der Waals surface area contributed by atoms with E-state index in [4.69, 9.17) is 4.74 Å². The SMILES string of the molecule is COc1cccc(C(=O)Nc2c(-c3ccccc3)n[nH]c2-c2ccccc2)c1. The minimum atomic E-state index is -0.227. The lowest BCUT2D eigenvalue weighted by Gasteiger charge is -2.10. The van der Waals surface area contributed by atoms with Gasteiger partial charge in [-0.15, -0.1) is 0 Å². The monoisotopic (exact) mass is 369 g/mol. The number of carbonyl (C=O) groups excluding carboxylic acids is 1. The summed E-state index contributed by atoms with van der Waals surface area (Å²) in [7, 11) is 1.58. The molecule has 0 bridgehead atoms. The summed E-state index contributed by atoms with van der Waals surface area (Å²) in [5, 5.41) is 10.6. The highest BCUT2D eigenvalue weighted by atomic mass is 16.5. The molecule has 3 aromatic carbocycles. The number of aromatic nitrogens is 2. The quantitative estimate of drug-likeness (QED) is 0.520. The molecule has 0 saturated carbocycles. The molecule has 1 heterocycles. The number of nitrogens with zero attached hydrogens (tertiary/aromatic N) is 1. The Morgan fingerprint density at radius 2 is 1.57 bits per heavy atom. The van der Waals surface area contributed by atoms with E-state index in [-0.39, 0.29) is 5.91 Å². The molecule has 1 amide bonds. The van der Waals surface area contributed by atoms with Gasteiger partial charge in [0.15, 0.2) is 0 Å². The lowest BCUT2D eigenvalue weighted by atomic mass is 10.1. The van der Waals surface area contributed by atoms with Crippen LogP contribution in [0.25, 0.3) is 22.5 Å². The Kier molecular flexibility index (Phi) is 4.89. The molecule has 28 heavy (non-hydrogen) atoms. The Balaban J connectivity index is 1.77. The minimum absolute atomic E-state index is 0.227. The van der Waals surface area contributed by atoms with Crippen LogP contribution in [0.1, 0.15) is 10.4 Å². The van der Waals surface area contributed by atoms with Crippen molar-refractivity contribution in [2.75, 3.05) is 12.4 Å². The number of carbonyl (C=O) groups is 1. The van der Waals surface area contributed by atoms with E-state index in [1.165, 1.54) is 0 Å². The highest BCUT2D eigenvalue weighted by molar-refractivity contribution is 6.08. The van der Waals surface area contributed by atoms with Gasteiger partial charge in [-0.1, -0.05) is 66.7 Å². The van der Waals surface area contributed by atoms with Gasteiger partial charge in [0.1, 0.15) is 11.4 Å². The summed E-state index contributed by atoms with van der Waals surface area (Å²) in [6, 6.07) is 26.6. The van der Waals surface area contributed by atoms with Gasteiger partial charge in [-0.05, 0) is 18.2 Å². The van der Waals surface area contributed by atoms with Gasteiger partial charge >= 0.3 is 0 Å². The summed E-state index contributed by atoms with van der Waals surface area (Å²) >= 11 is 0. The largest absolute Gasteiger partial charge is 0.497 e. The second kappa shape index (κ2) is 7.80. The molecule has 138 valence electrons. The Morgan fingerprint density at radius 3 is 2.25 bits per heavy atom. The number of hydrogen-bond acceptors (Lipinski definition) is 3. The number of amides is 1. The van der Waals surface area contributed by atoms with Gasteiger partial charge in [0.05, 0.1) is 18.5 Å². The molecule has 1 aromatic heterocycles. The van der Waals surface area contributed by atoms with Gasteiger partial charge in [0.25, 0.3) is 5.91 Å². The van der Waals surface area contributed by atoms with Crippen LogP contribution in [0.5, 0.6) is 5.75 Å². The summed E-state index contributed by atoms with van der Waals surface area (Å²) in [6.07, 6.45) is 0. The zero-order chi connectivity index (χ0) is 19.3. The van der Waals surface area contributed by atoms with Gasteiger partial charge < -0.3 is 10.1 Å². The summed E-state index contributed by atoms with van der Waals surface area (Å²) in [5.41, 5.74) is 4.47. The molecule has 0 atom stereocenters. The number of aromatic amines is 1. The Bertz CT molecular complexity index is 1030. The molecule has 0 radical (unpaired) electrons.